The Morgan fingerprint density at radius 1 is 1.32 bits per heavy atom. The summed E-state index contributed by atoms with van der Waals surface area (Å²) in [4.78, 5) is 11.2. The average molecular weight is 296 g/mol. The first-order valence-corrected chi connectivity index (χ1v) is 5.49. The minimum Gasteiger partial charge on any atom is -0.466 e. The third kappa shape index (κ3) is 6.35. The fraction of sp³-hybridized carbons (Fsp3) is 0.417. The van der Waals surface area contributed by atoms with Crippen LogP contribution in [0.2, 0.25) is 0 Å². The van der Waals surface area contributed by atoms with Gasteiger partial charge in [-0.3, -0.25) is 4.79 Å². The summed E-state index contributed by atoms with van der Waals surface area (Å²) in [6.45, 7) is -0.851. The van der Waals surface area contributed by atoms with Gasteiger partial charge in [-0.1, -0.05) is 12.1 Å². The number of hydrogen-bond acceptors (Lipinski definition) is 4. The van der Waals surface area contributed by atoms with E-state index in [0.29, 0.717) is 12.2 Å². The number of halogens is 3. The Labute approximate surface area is 116 Å². The Morgan fingerprint density at radius 2 is 1.89 bits per heavy atom. The lowest BCUT2D eigenvalue weighted by molar-refractivity contribution is -0.143. The van der Waals surface area contributed by atoms with Gasteiger partial charge in [-0.2, -0.15) is 8.78 Å². The SMILES string of the molecule is CCOC(=O)C[C@H](N)c1ccc(OC(F)F)cc1.Cl. The van der Waals surface area contributed by atoms with E-state index in [1.165, 1.54) is 12.1 Å². The molecule has 4 nitrogen and oxygen atoms in total. The minimum atomic E-state index is -2.86. The third-order valence-corrected chi connectivity index (χ3v) is 2.23. The van der Waals surface area contributed by atoms with Crippen molar-refractivity contribution in [3.05, 3.63) is 29.8 Å². The first-order valence-electron chi connectivity index (χ1n) is 5.49. The number of hydrogen-bond donors (Lipinski definition) is 1. The molecule has 19 heavy (non-hydrogen) atoms. The van der Waals surface area contributed by atoms with Crippen molar-refractivity contribution >= 4 is 18.4 Å². The van der Waals surface area contributed by atoms with E-state index in [0.717, 1.165) is 0 Å². The zero-order valence-electron chi connectivity index (χ0n) is 10.3. The standard InChI is InChI=1S/C12H15F2NO3.ClH/c1-2-17-11(16)7-10(15)8-3-5-9(6-4-8)18-12(13)14;/h3-6,10,12H,2,7,15H2,1H3;1H/t10-;/m0./s1. The highest BCUT2D eigenvalue weighted by Crippen LogP contribution is 2.20. The average Bonchev–Trinajstić information content (AvgIpc) is 2.29. The molecule has 7 heteroatoms. The third-order valence-electron chi connectivity index (χ3n) is 2.23. The van der Waals surface area contributed by atoms with E-state index >= 15 is 0 Å². The van der Waals surface area contributed by atoms with Gasteiger partial charge in [0.2, 0.25) is 0 Å². The summed E-state index contributed by atoms with van der Waals surface area (Å²) in [7, 11) is 0. The van der Waals surface area contributed by atoms with Crippen molar-refractivity contribution in [2.45, 2.75) is 26.0 Å². The second-order valence-electron chi connectivity index (χ2n) is 3.56. The monoisotopic (exact) mass is 295 g/mol. The summed E-state index contributed by atoms with van der Waals surface area (Å²) in [5.74, 6) is -0.338. The maximum Gasteiger partial charge on any atom is 0.387 e. The lowest BCUT2D eigenvalue weighted by atomic mass is 10.0. The van der Waals surface area contributed by atoms with Gasteiger partial charge >= 0.3 is 12.6 Å². The van der Waals surface area contributed by atoms with Gasteiger partial charge in [0, 0.05) is 6.04 Å². The highest BCUT2D eigenvalue weighted by molar-refractivity contribution is 5.85. The summed E-state index contributed by atoms with van der Waals surface area (Å²) in [5.41, 5.74) is 6.44. The number of benzene rings is 1. The second kappa shape index (κ2) is 8.66. The van der Waals surface area contributed by atoms with Crippen LogP contribution in [0.5, 0.6) is 5.75 Å². The van der Waals surface area contributed by atoms with Crippen LogP contribution < -0.4 is 10.5 Å². The molecule has 2 N–H and O–H groups in total. The minimum absolute atomic E-state index is 0. The van der Waals surface area contributed by atoms with Gasteiger partial charge < -0.3 is 15.2 Å². The number of esters is 1. The van der Waals surface area contributed by atoms with Crippen LogP contribution in [0, 0.1) is 0 Å². The van der Waals surface area contributed by atoms with Crippen LogP contribution in [-0.2, 0) is 9.53 Å². The van der Waals surface area contributed by atoms with Gasteiger partial charge in [0.15, 0.2) is 0 Å². The van der Waals surface area contributed by atoms with Gasteiger partial charge in [-0.15, -0.1) is 12.4 Å². The van der Waals surface area contributed by atoms with Gasteiger partial charge in [-0.25, -0.2) is 0 Å². The van der Waals surface area contributed by atoms with Crippen LogP contribution in [-0.4, -0.2) is 19.2 Å². The fourth-order valence-electron chi connectivity index (χ4n) is 1.41. The van der Waals surface area contributed by atoms with Crippen LogP contribution in [0.3, 0.4) is 0 Å². The van der Waals surface area contributed by atoms with Gasteiger partial charge in [0.25, 0.3) is 0 Å². The molecule has 0 amide bonds. The molecule has 108 valence electrons. The van der Waals surface area contributed by atoms with E-state index in [9.17, 15) is 13.6 Å². The van der Waals surface area contributed by atoms with Crippen molar-refractivity contribution in [2.75, 3.05) is 6.61 Å². The van der Waals surface area contributed by atoms with E-state index < -0.39 is 18.6 Å². The van der Waals surface area contributed by atoms with Crippen molar-refractivity contribution in [1.29, 1.82) is 0 Å². The Hall–Kier alpha value is -1.40. The molecule has 1 aromatic rings. The lowest BCUT2D eigenvalue weighted by Crippen LogP contribution is -2.17. The first-order chi connectivity index (χ1) is 8.52. The summed E-state index contributed by atoms with van der Waals surface area (Å²) in [5, 5.41) is 0. The number of alkyl halides is 2. The molecule has 0 aliphatic rings. The second-order valence-corrected chi connectivity index (χ2v) is 3.56. The van der Waals surface area contributed by atoms with Crippen LogP contribution >= 0.6 is 12.4 Å². The molecule has 0 saturated carbocycles. The Kier molecular flexibility index (Phi) is 8.02. The van der Waals surface area contributed by atoms with Crippen LogP contribution in [0.1, 0.15) is 24.9 Å². The summed E-state index contributed by atoms with van der Waals surface area (Å²) in [6, 6.07) is 5.33. The maximum absolute atomic E-state index is 11.9. The number of carbonyl (C=O) groups excluding carboxylic acids is 1. The smallest absolute Gasteiger partial charge is 0.387 e. The molecule has 1 atom stereocenters. The molecule has 0 bridgehead atoms. The zero-order valence-corrected chi connectivity index (χ0v) is 11.2. The largest absolute Gasteiger partial charge is 0.466 e. The number of carbonyl (C=O) groups is 1. The van der Waals surface area contributed by atoms with Crippen molar-refractivity contribution in [3.63, 3.8) is 0 Å². The molecule has 0 heterocycles. The molecule has 0 aromatic heterocycles. The summed E-state index contributed by atoms with van der Waals surface area (Å²) in [6.07, 6.45) is 0.0445. The van der Waals surface area contributed by atoms with Crippen molar-refractivity contribution < 1.29 is 23.0 Å². The predicted molar refractivity (Wildman–Crippen MR) is 68.5 cm³/mol. The Balaban J connectivity index is 0.00000324. The normalized spacial score (nSPS) is 11.6. The number of ether oxygens (including phenoxy) is 2. The fourth-order valence-corrected chi connectivity index (χ4v) is 1.41. The molecular formula is C12H16ClF2NO3. The summed E-state index contributed by atoms with van der Waals surface area (Å²) < 4.78 is 32.8. The highest BCUT2D eigenvalue weighted by Gasteiger charge is 2.13. The van der Waals surface area contributed by atoms with Crippen LogP contribution in [0.4, 0.5) is 8.78 Å². The quantitative estimate of drug-likeness (QED) is 0.820. The number of rotatable bonds is 6. The van der Waals surface area contributed by atoms with Crippen LogP contribution in [0.25, 0.3) is 0 Å². The molecule has 0 aliphatic carbocycles. The first kappa shape index (κ1) is 17.6. The maximum atomic E-state index is 11.9. The molecule has 0 aliphatic heterocycles. The molecule has 0 unspecified atom stereocenters. The summed E-state index contributed by atoms with van der Waals surface area (Å²) >= 11 is 0. The highest BCUT2D eigenvalue weighted by atomic mass is 35.5. The molecule has 0 spiro atoms. The van der Waals surface area contributed by atoms with Gasteiger partial charge in [0.1, 0.15) is 5.75 Å². The van der Waals surface area contributed by atoms with Crippen LogP contribution in [0.15, 0.2) is 24.3 Å². The van der Waals surface area contributed by atoms with Gasteiger partial charge in [0.05, 0.1) is 13.0 Å². The Morgan fingerprint density at radius 3 is 2.37 bits per heavy atom. The molecule has 0 radical (unpaired) electrons. The molecule has 1 aromatic carbocycles. The molecule has 0 fully saturated rings. The van der Waals surface area contributed by atoms with Crippen molar-refractivity contribution in [2.24, 2.45) is 5.73 Å². The van der Waals surface area contributed by atoms with Crippen molar-refractivity contribution in [3.8, 4) is 5.75 Å². The zero-order chi connectivity index (χ0) is 13.5. The van der Waals surface area contributed by atoms with E-state index in [-0.39, 0.29) is 24.6 Å². The topological polar surface area (TPSA) is 61.5 Å². The number of nitrogens with two attached hydrogens (primary N) is 1. The molecular weight excluding hydrogens is 280 g/mol. The lowest BCUT2D eigenvalue weighted by Gasteiger charge is -2.12. The molecule has 1 rings (SSSR count). The van der Waals surface area contributed by atoms with E-state index in [1.54, 1.807) is 19.1 Å². The predicted octanol–water partition coefficient (Wildman–Crippen LogP) is 2.66. The van der Waals surface area contributed by atoms with Crippen molar-refractivity contribution in [1.82, 2.24) is 0 Å². The van der Waals surface area contributed by atoms with E-state index in [2.05, 4.69) is 4.74 Å². The molecule has 0 saturated heterocycles. The van der Waals surface area contributed by atoms with Gasteiger partial charge in [-0.05, 0) is 24.6 Å². The van der Waals surface area contributed by atoms with E-state index in [4.69, 9.17) is 10.5 Å². The Bertz CT molecular complexity index is 387. The van der Waals surface area contributed by atoms with E-state index in [1.807, 2.05) is 0 Å².